The van der Waals surface area contributed by atoms with Gasteiger partial charge >= 0.3 is 5.76 Å². The molecule has 2 aromatic rings. The van der Waals surface area contributed by atoms with Gasteiger partial charge in [-0.3, -0.25) is 4.79 Å². The Balaban J connectivity index is 2.29. The summed E-state index contributed by atoms with van der Waals surface area (Å²) >= 11 is 0. The van der Waals surface area contributed by atoms with E-state index in [0.717, 1.165) is 16.6 Å². The van der Waals surface area contributed by atoms with Gasteiger partial charge < -0.3 is 9.15 Å². The second kappa shape index (κ2) is 3.25. The van der Waals surface area contributed by atoms with Gasteiger partial charge in [0.15, 0.2) is 5.58 Å². The average Bonchev–Trinajstić information content (AvgIpc) is 2.66. The van der Waals surface area contributed by atoms with Crippen LogP contribution < -0.4 is 10.5 Å². The zero-order valence-corrected chi connectivity index (χ0v) is 10.4. The quantitative estimate of drug-likeness (QED) is 0.714. The fourth-order valence-electron chi connectivity index (χ4n) is 2.41. The minimum atomic E-state index is -0.652. The molecule has 0 aliphatic carbocycles. The van der Waals surface area contributed by atoms with Crippen LogP contribution in [-0.4, -0.2) is 16.1 Å². The maximum absolute atomic E-state index is 11.6. The molecule has 5 nitrogen and oxygen atoms in total. The van der Waals surface area contributed by atoms with E-state index < -0.39 is 5.76 Å². The number of hydrogen-bond donors (Lipinski definition) is 0. The smallest absolute Gasteiger partial charge is 0.426 e. The predicted octanol–water partition coefficient (Wildman–Crippen LogP) is 1.97. The van der Waals surface area contributed by atoms with Gasteiger partial charge in [-0.2, -0.15) is 0 Å². The van der Waals surface area contributed by atoms with Crippen molar-refractivity contribution in [2.75, 3.05) is 0 Å². The van der Waals surface area contributed by atoms with Crippen LogP contribution in [0.2, 0.25) is 0 Å². The molecule has 0 unspecified atom stereocenters. The fourth-order valence-corrected chi connectivity index (χ4v) is 2.41. The first-order valence-corrected chi connectivity index (χ1v) is 5.76. The third-order valence-electron chi connectivity index (χ3n) is 3.08. The third kappa shape index (κ3) is 1.47. The number of fused-ring (bicyclic) bond motifs is 2. The Labute approximate surface area is 103 Å². The lowest BCUT2D eigenvalue weighted by Gasteiger charge is -2.16. The van der Waals surface area contributed by atoms with Gasteiger partial charge in [0, 0.05) is 25.0 Å². The minimum Gasteiger partial charge on any atom is -0.487 e. The number of carbonyl (C=O) groups excluding carboxylic acids is 1. The van der Waals surface area contributed by atoms with E-state index in [1.807, 2.05) is 13.8 Å². The van der Waals surface area contributed by atoms with E-state index in [4.69, 9.17) is 9.15 Å². The molecule has 0 fully saturated rings. The molecule has 1 aromatic carbocycles. The van der Waals surface area contributed by atoms with Gasteiger partial charge in [-0.15, -0.1) is 0 Å². The highest BCUT2D eigenvalue weighted by Gasteiger charge is 2.31. The second-order valence-corrected chi connectivity index (χ2v) is 5.19. The van der Waals surface area contributed by atoms with Crippen molar-refractivity contribution in [2.45, 2.75) is 32.8 Å². The van der Waals surface area contributed by atoms with E-state index >= 15 is 0 Å². The SMILES string of the molecule is CC(=O)n1c(=O)oc2cc3c(cc21)OC(C)(C)C3. The highest BCUT2D eigenvalue weighted by atomic mass is 16.5. The van der Waals surface area contributed by atoms with Crippen molar-refractivity contribution in [3.63, 3.8) is 0 Å². The number of rotatable bonds is 0. The van der Waals surface area contributed by atoms with Crippen molar-refractivity contribution >= 4 is 17.0 Å². The van der Waals surface area contributed by atoms with Gasteiger partial charge in [-0.1, -0.05) is 0 Å². The van der Waals surface area contributed by atoms with Crippen molar-refractivity contribution in [1.29, 1.82) is 0 Å². The van der Waals surface area contributed by atoms with E-state index in [0.29, 0.717) is 16.8 Å². The first kappa shape index (κ1) is 11.1. The molecule has 2 heterocycles. The van der Waals surface area contributed by atoms with Crippen molar-refractivity contribution in [2.24, 2.45) is 0 Å². The van der Waals surface area contributed by atoms with Gasteiger partial charge in [0.05, 0.1) is 0 Å². The topological polar surface area (TPSA) is 61.4 Å². The van der Waals surface area contributed by atoms with Crippen LogP contribution in [-0.2, 0) is 6.42 Å². The minimum absolute atomic E-state index is 0.261. The molecule has 0 radical (unpaired) electrons. The lowest BCUT2D eigenvalue weighted by atomic mass is 10.0. The highest BCUT2D eigenvalue weighted by Crippen LogP contribution is 2.37. The maximum Gasteiger partial charge on any atom is 0.426 e. The summed E-state index contributed by atoms with van der Waals surface area (Å²) in [6, 6.07) is 3.48. The standard InChI is InChI=1S/C13H13NO4/c1-7(15)14-9-5-10-8(6-13(2,3)18-10)4-11(9)17-12(14)16/h4-5H,6H2,1-3H3. The largest absolute Gasteiger partial charge is 0.487 e. The second-order valence-electron chi connectivity index (χ2n) is 5.19. The van der Waals surface area contributed by atoms with Crippen LogP contribution in [0, 0.1) is 0 Å². The summed E-state index contributed by atoms with van der Waals surface area (Å²) in [6.07, 6.45) is 0.757. The van der Waals surface area contributed by atoms with Crippen LogP contribution in [0.25, 0.3) is 11.1 Å². The summed E-state index contributed by atoms with van der Waals surface area (Å²) in [5.41, 5.74) is 1.62. The summed E-state index contributed by atoms with van der Waals surface area (Å²) in [7, 11) is 0. The van der Waals surface area contributed by atoms with Crippen molar-refractivity contribution in [3.8, 4) is 5.75 Å². The Morgan fingerprint density at radius 1 is 1.39 bits per heavy atom. The zero-order chi connectivity index (χ0) is 13.1. The van der Waals surface area contributed by atoms with Crippen LogP contribution in [0.5, 0.6) is 5.75 Å². The number of nitrogens with zero attached hydrogens (tertiary/aromatic N) is 1. The fraction of sp³-hybridized carbons (Fsp3) is 0.385. The number of benzene rings is 1. The highest BCUT2D eigenvalue weighted by molar-refractivity contribution is 5.89. The summed E-state index contributed by atoms with van der Waals surface area (Å²) in [6.45, 7) is 5.31. The molecule has 1 aliphatic heterocycles. The van der Waals surface area contributed by atoms with Crippen LogP contribution in [0.15, 0.2) is 21.3 Å². The normalized spacial score (nSPS) is 16.6. The van der Waals surface area contributed by atoms with E-state index in [-0.39, 0.29) is 11.5 Å². The van der Waals surface area contributed by atoms with E-state index in [2.05, 4.69) is 0 Å². The van der Waals surface area contributed by atoms with E-state index in [9.17, 15) is 9.59 Å². The zero-order valence-electron chi connectivity index (χ0n) is 10.4. The summed E-state index contributed by atoms with van der Waals surface area (Å²) in [5.74, 6) is -0.306. The lowest BCUT2D eigenvalue weighted by molar-refractivity contribution is 0.0933. The van der Waals surface area contributed by atoms with Gasteiger partial charge in [-0.25, -0.2) is 9.36 Å². The molecule has 0 spiro atoms. The van der Waals surface area contributed by atoms with Crippen LogP contribution in [0.3, 0.4) is 0 Å². The monoisotopic (exact) mass is 247 g/mol. The summed E-state index contributed by atoms with van der Waals surface area (Å²) in [4.78, 5) is 23.0. The van der Waals surface area contributed by atoms with Gasteiger partial charge in [0.2, 0.25) is 5.91 Å². The molecule has 0 saturated heterocycles. The van der Waals surface area contributed by atoms with E-state index in [1.165, 1.54) is 6.92 Å². The van der Waals surface area contributed by atoms with E-state index in [1.54, 1.807) is 12.1 Å². The molecular weight excluding hydrogens is 234 g/mol. The molecule has 0 saturated carbocycles. The first-order valence-electron chi connectivity index (χ1n) is 5.76. The molecule has 0 amide bonds. The van der Waals surface area contributed by atoms with Crippen LogP contribution in [0.4, 0.5) is 0 Å². The Bertz CT molecular complexity index is 720. The van der Waals surface area contributed by atoms with Gasteiger partial charge in [0.1, 0.15) is 16.9 Å². The van der Waals surface area contributed by atoms with Crippen molar-refractivity contribution in [3.05, 3.63) is 28.2 Å². The summed E-state index contributed by atoms with van der Waals surface area (Å²) in [5, 5.41) is 0. The van der Waals surface area contributed by atoms with Gasteiger partial charge in [-0.05, 0) is 19.9 Å². The maximum atomic E-state index is 11.6. The average molecular weight is 247 g/mol. The molecule has 0 bridgehead atoms. The molecule has 0 atom stereocenters. The van der Waals surface area contributed by atoms with Crippen molar-refractivity contribution in [1.82, 2.24) is 4.57 Å². The molecule has 1 aromatic heterocycles. The van der Waals surface area contributed by atoms with Crippen molar-refractivity contribution < 1.29 is 13.9 Å². The molecule has 5 heteroatoms. The molecular formula is C13H13NO4. The Hall–Kier alpha value is -2.04. The number of hydrogen-bond acceptors (Lipinski definition) is 4. The Morgan fingerprint density at radius 2 is 2.11 bits per heavy atom. The van der Waals surface area contributed by atoms with Gasteiger partial charge in [0.25, 0.3) is 0 Å². The molecule has 18 heavy (non-hydrogen) atoms. The molecule has 1 aliphatic rings. The molecule has 94 valence electrons. The number of oxazole rings is 1. The van der Waals surface area contributed by atoms with Crippen LogP contribution >= 0.6 is 0 Å². The predicted molar refractivity (Wildman–Crippen MR) is 65.2 cm³/mol. The number of carbonyl (C=O) groups is 1. The number of aromatic nitrogens is 1. The third-order valence-corrected chi connectivity index (χ3v) is 3.08. The lowest BCUT2D eigenvalue weighted by Crippen LogP contribution is -2.24. The molecule has 0 N–H and O–H groups in total. The van der Waals surface area contributed by atoms with Crippen LogP contribution in [0.1, 0.15) is 31.1 Å². The Morgan fingerprint density at radius 3 is 2.78 bits per heavy atom. The molecule has 3 rings (SSSR count). The number of ether oxygens (including phenoxy) is 1. The first-order chi connectivity index (χ1) is 8.37. The Kier molecular flexibility index (Phi) is 2.00. The summed E-state index contributed by atoms with van der Waals surface area (Å²) < 4.78 is 11.9.